The van der Waals surface area contributed by atoms with E-state index in [0.717, 1.165) is 50.1 Å². The van der Waals surface area contributed by atoms with Crippen LogP contribution in [-0.4, -0.2) is 0 Å². The van der Waals surface area contributed by atoms with Crippen molar-refractivity contribution in [1.82, 2.24) is 0 Å². The highest BCUT2D eigenvalue weighted by molar-refractivity contribution is 6.10. The van der Waals surface area contributed by atoms with Crippen molar-refractivity contribution in [3.63, 3.8) is 0 Å². The topological polar surface area (TPSA) is 16.4 Å². The highest BCUT2D eigenvalue weighted by Gasteiger charge is 2.48. The third-order valence-corrected chi connectivity index (χ3v) is 15.2. The third-order valence-electron chi connectivity index (χ3n) is 15.2. The van der Waals surface area contributed by atoms with Gasteiger partial charge in [-0.3, -0.25) is 0 Å². The first-order chi connectivity index (χ1) is 36.2. The summed E-state index contributed by atoms with van der Waals surface area (Å²) in [5.41, 5.74) is 20.9. The summed E-state index contributed by atoms with van der Waals surface area (Å²) in [6.45, 7) is 0. The fourth-order valence-electron chi connectivity index (χ4n) is 11.9. The lowest BCUT2D eigenvalue weighted by atomic mass is 9.65. The summed E-state index contributed by atoms with van der Waals surface area (Å²) in [4.78, 5) is 2.43. The summed E-state index contributed by atoms with van der Waals surface area (Å²) >= 11 is 0. The van der Waals surface area contributed by atoms with E-state index in [4.69, 9.17) is 4.42 Å². The Hall–Kier alpha value is -9.50. The molecule has 0 saturated carbocycles. The fraction of sp³-hybridized carbons (Fsp3) is 0.0141. The Morgan fingerprint density at radius 3 is 1.41 bits per heavy atom. The zero-order chi connectivity index (χ0) is 48.3. The summed E-state index contributed by atoms with van der Waals surface area (Å²) in [6, 6.07) is 104. The van der Waals surface area contributed by atoms with Crippen LogP contribution < -0.4 is 4.90 Å². The Bertz CT molecular complexity index is 4170. The number of nitrogens with zero attached hydrogens (tertiary/aromatic N) is 1. The van der Waals surface area contributed by atoms with Gasteiger partial charge < -0.3 is 9.32 Å². The molecule has 2 heteroatoms. The van der Waals surface area contributed by atoms with Crippen molar-refractivity contribution in [2.24, 2.45) is 0 Å². The second-order valence-corrected chi connectivity index (χ2v) is 19.1. The van der Waals surface area contributed by atoms with Crippen LogP contribution in [0.25, 0.3) is 88.3 Å². The minimum atomic E-state index is -0.747. The van der Waals surface area contributed by atoms with E-state index >= 15 is 0 Å². The van der Waals surface area contributed by atoms with E-state index in [0.29, 0.717) is 0 Å². The molecule has 1 atom stereocenters. The quantitative estimate of drug-likeness (QED) is 0.143. The summed E-state index contributed by atoms with van der Waals surface area (Å²) in [5, 5.41) is 4.71. The van der Waals surface area contributed by atoms with E-state index in [1.165, 1.54) is 77.5 Å². The standard InChI is InChI=1S/C71H47NO/c1-3-17-48(18-4-1)50-33-39-54(40-34-50)71(67-31-13-10-25-61(67)64-28-16-29-65-63-26-11-14-32-69(63)73-70(64)65)66-30-12-9-24-60(66)62-46-45-57(47-68(62)71)72(55-41-35-51(36-42-55)49-19-5-2-6-20-49)56-43-37-53(38-44-56)59-27-15-22-52-21-7-8-23-58(52)59/h1-47H. The summed E-state index contributed by atoms with van der Waals surface area (Å²) < 4.78 is 6.83. The Labute approximate surface area is 425 Å². The summed E-state index contributed by atoms with van der Waals surface area (Å²) in [6.07, 6.45) is 0. The van der Waals surface area contributed by atoms with Gasteiger partial charge in [-0.05, 0) is 126 Å². The van der Waals surface area contributed by atoms with Crippen LogP contribution >= 0.6 is 0 Å². The molecule has 1 heterocycles. The van der Waals surface area contributed by atoms with Crippen molar-refractivity contribution >= 4 is 49.8 Å². The predicted molar refractivity (Wildman–Crippen MR) is 305 cm³/mol. The molecule has 342 valence electrons. The zero-order valence-electron chi connectivity index (χ0n) is 40.0. The number of furan rings is 1. The Balaban J connectivity index is 1.01. The number of para-hydroxylation sites is 2. The smallest absolute Gasteiger partial charge is 0.143 e. The van der Waals surface area contributed by atoms with Crippen molar-refractivity contribution in [2.45, 2.75) is 5.41 Å². The maximum atomic E-state index is 6.83. The highest BCUT2D eigenvalue weighted by atomic mass is 16.3. The van der Waals surface area contributed by atoms with Gasteiger partial charge in [0.05, 0.1) is 5.41 Å². The zero-order valence-corrected chi connectivity index (χ0v) is 40.0. The number of hydrogen-bond donors (Lipinski definition) is 0. The Morgan fingerprint density at radius 1 is 0.274 bits per heavy atom. The van der Waals surface area contributed by atoms with Crippen LogP contribution in [0.4, 0.5) is 17.1 Å². The monoisotopic (exact) mass is 929 g/mol. The lowest BCUT2D eigenvalue weighted by Crippen LogP contribution is -2.29. The van der Waals surface area contributed by atoms with Gasteiger partial charge in [0, 0.05) is 33.4 Å². The maximum Gasteiger partial charge on any atom is 0.143 e. The maximum absolute atomic E-state index is 6.83. The van der Waals surface area contributed by atoms with Gasteiger partial charge in [-0.25, -0.2) is 0 Å². The summed E-state index contributed by atoms with van der Waals surface area (Å²) in [7, 11) is 0. The first kappa shape index (κ1) is 42.4. The molecule has 0 amide bonds. The fourth-order valence-corrected chi connectivity index (χ4v) is 11.9. The van der Waals surface area contributed by atoms with Gasteiger partial charge in [-0.1, -0.05) is 243 Å². The van der Waals surface area contributed by atoms with E-state index in [1.807, 2.05) is 0 Å². The van der Waals surface area contributed by atoms with Crippen molar-refractivity contribution in [3.8, 4) is 55.6 Å². The molecule has 2 nitrogen and oxygen atoms in total. The minimum Gasteiger partial charge on any atom is -0.455 e. The van der Waals surface area contributed by atoms with Crippen molar-refractivity contribution in [1.29, 1.82) is 0 Å². The molecule has 0 spiro atoms. The van der Waals surface area contributed by atoms with E-state index in [9.17, 15) is 0 Å². The average molecular weight is 930 g/mol. The Morgan fingerprint density at radius 2 is 0.726 bits per heavy atom. The molecule has 0 bridgehead atoms. The molecule has 73 heavy (non-hydrogen) atoms. The van der Waals surface area contributed by atoms with Crippen LogP contribution in [0.2, 0.25) is 0 Å². The second kappa shape index (κ2) is 17.4. The predicted octanol–water partition coefficient (Wildman–Crippen LogP) is 19.2. The van der Waals surface area contributed by atoms with E-state index in [2.05, 4.69) is 290 Å². The number of rotatable bonds is 9. The molecular formula is C71H47NO. The molecule has 0 aliphatic heterocycles. The molecule has 1 aliphatic rings. The van der Waals surface area contributed by atoms with Gasteiger partial charge in [0.2, 0.25) is 0 Å². The van der Waals surface area contributed by atoms with Gasteiger partial charge in [0.1, 0.15) is 11.2 Å². The average Bonchev–Trinajstić information content (AvgIpc) is 4.00. The van der Waals surface area contributed by atoms with Crippen LogP contribution in [0.15, 0.2) is 290 Å². The number of fused-ring (bicyclic) bond motifs is 7. The van der Waals surface area contributed by atoms with Gasteiger partial charge in [-0.15, -0.1) is 0 Å². The molecule has 0 saturated heterocycles. The van der Waals surface area contributed by atoms with E-state index in [1.54, 1.807) is 0 Å². The largest absolute Gasteiger partial charge is 0.455 e. The molecule has 13 aromatic rings. The highest BCUT2D eigenvalue weighted by Crippen LogP contribution is 2.59. The first-order valence-electron chi connectivity index (χ1n) is 25.2. The number of benzene rings is 12. The van der Waals surface area contributed by atoms with Gasteiger partial charge in [0.15, 0.2) is 0 Å². The molecule has 1 aliphatic carbocycles. The van der Waals surface area contributed by atoms with Crippen LogP contribution in [0, 0.1) is 0 Å². The lowest BCUT2D eigenvalue weighted by Gasteiger charge is -2.36. The summed E-state index contributed by atoms with van der Waals surface area (Å²) in [5.74, 6) is 0. The molecule has 1 aromatic heterocycles. The van der Waals surface area contributed by atoms with Crippen LogP contribution in [0.5, 0.6) is 0 Å². The normalized spacial score (nSPS) is 13.8. The number of anilines is 3. The third kappa shape index (κ3) is 6.94. The SMILES string of the molecule is c1ccc(-c2ccc(N(c3ccc(-c4cccc5ccccc45)cc3)c3ccc4c(c3)C(c3ccc(-c5ccccc5)cc3)(c3ccccc3-c3cccc5c3oc3ccccc35)c3ccccc3-4)cc2)cc1. The van der Waals surface area contributed by atoms with Gasteiger partial charge in [-0.2, -0.15) is 0 Å². The van der Waals surface area contributed by atoms with Crippen molar-refractivity contribution in [2.75, 3.05) is 4.90 Å². The van der Waals surface area contributed by atoms with Gasteiger partial charge in [0.25, 0.3) is 0 Å². The van der Waals surface area contributed by atoms with Crippen LogP contribution in [0.3, 0.4) is 0 Å². The molecular weight excluding hydrogens is 883 g/mol. The molecule has 14 rings (SSSR count). The molecule has 0 fully saturated rings. The molecule has 0 N–H and O–H groups in total. The van der Waals surface area contributed by atoms with Crippen LogP contribution in [-0.2, 0) is 5.41 Å². The van der Waals surface area contributed by atoms with E-state index < -0.39 is 5.41 Å². The Kier molecular flexibility index (Phi) is 10.1. The van der Waals surface area contributed by atoms with Crippen molar-refractivity contribution in [3.05, 3.63) is 307 Å². The minimum absolute atomic E-state index is 0.747. The second-order valence-electron chi connectivity index (χ2n) is 19.1. The molecule has 12 aromatic carbocycles. The van der Waals surface area contributed by atoms with Crippen LogP contribution in [0.1, 0.15) is 22.3 Å². The van der Waals surface area contributed by atoms with Crippen molar-refractivity contribution < 1.29 is 4.42 Å². The van der Waals surface area contributed by atoms with Gasteiger partial charge >= 0.3 is 0 Å². The first-order valence-corrected chi connectivity index (χ1v) is 25.2. The lowest BCUT2D eigenvalue weighted by molar-refractivity contribution is 0.669. The van der Waals surface area contributed by atoms with E-state index in [-0.39, 0.29) is 0 Å². The number of hydrogen-bond acceptors (Lipinski definition) is 2. The molecule has 1 unspecified atom stereocenters. The molecule has 0 radical (unpaired) electrons.